The number of rotatable bonds is 2. The molecule has 0 unspecified atom stereocenters. The van der Waals surface area contributed by atoms with Crippen molar-refractivity contribution in [3.63, 3.8) is 0 Å². The third-order valence-corrected chi connectivity index (χ3v) is 5.11. The summed E-state index contributed by atoms with van der Waals surface area (Å²) in [6.45, 7) is 4.10. The highest BCUT2D eigenvalue weighted by Gasteiger charge is 2.24. The molecule has 0 amide bonds. The summed E-state index contributed by atoms with van der Waals surface area (Å²) in [5.74, 6) is 1.18. The lowest BCUT2D eigenvalue weighted by Crippen LogP contribution is -2.44. The molecule has 23 heavy (non-hydrogen) atoms. The van der Waals surface area contributed by atoms with Crippen LogP contribution in [0.4, 0.5) is 11.5 Å². The maximum Gasteiger partial charge on any atom is 0.170 e. The summed E-state index contributed by atoms with van der Waals surface area (Å²) in [5.41, 5.74) is 11.7. The largest absolute Gasteiger partial charge is 0.398 e. The van der Waals surface area contributed by atoms with Crippen molar-refractivity contribution in [1.29, 1.82) is 0 Å². The van der Waals surface area contributed by atoms with E-state index in [1.165, 1.54) is 35.2 Å². The summed E-state index contributed by atoms with van der Waals surface area (Å²) in [7, 11) is 0. The molecule has 1 aromatic carbocycles. The summed E-state index contributed by atoms with van der Waals surface area (Å²) in [6.07, 6.45) is 6.31. The van der Waals surface area contributed by atoms with Gasteiger partial charge in [-0.1, -0.05) is 0 Å². The van der Waals surface area contributed by atoms with Gasteiger partial charge in [0.25, 0.3) is 0 Å². The summed E-state index contributed by atoms with van der Waals surface area (Å²) < 4.78 is 0. The fourth-order valence-electron chi connectivity index (χ4n) is 3.96. The van der Waals surface area contributed by atoms with E-state index in [1.54, 1.807) is 6.21 Å². The van der Waals surface area contributed by atoms with Crippen molar-refractivity contribution in [3.05, 3.63) is 28.8 Å². The minimum absolute atomic E-state index is 0.740. The van der Waals surface area contributed by atoms with E-state index in [0.717, 1.165) is 55.8 Å². The number of nitrogens with one attached hydrogen (secondary N) is 1. The first-order chi connectivity index (χ1) is 11.3. The first-order valence-corrected chi connectivity index (χ1v) is 8.54. The van der Waals surface area contributed by atoms with Crippen LogP contribution < -0.4 is 21.4 Å². The Bertz CT molecular complexity index is 762. The molecule has 2 aliphatic rings. The molecular formula is C18H24N5+. The topological polar surface area (TPSA) is 79.8 Å². The van der Waals surface area contributed by atoms with Gasteiger partial charge in [0.2, 0.25) is 0 Å². The molecule has 0 radical (unpaired) electrons. The van der Waals surface area contributed by atoms with E-state index in [9.17, 15) is 0 Å². The number of pyridine rings is 1. The summed E-state index contributed by atoms with van der Waals surface area (Å²) in [5, 5.41) is 10.5. The summed E-state index contributed by atoms with van der Waals surface area (Å²) in [4.78, 5) is 7.46. The molecule has 4 rings (SSSR count). The Morgan fingerprint density at radius 3 is 2.61 bits per heavy atom. The second-order valence-electron chi connectivity index (χ2n) is 6.47. The highest BCUT2D eigenvalue weighted by Crippen LogP contribution is 2.36. The van der Waals surface area contributed by atoms with Gasteiger partial charge in [-0.3, -0.25) is 5.41 Å². The molecule has 1 fully saturated rings. The molecule has 120 valence electrons. The lowest BCUT2D eigenvalue weighted by Gasteiger charge is -2.32. The lowest BCUT2D eigenvalue weighted by atomic mass is 9.87. The highest BCUT2D eigenvalue weighted by atomic mass is 15.2. The Kier molecular flexibility index (Phi) is 3.65. The van der Waals surface area contributed by atoms with Gasteiger partial charge in [0.1, 0.15) is 5.82 Å². The Hall–Kier alpha value is -2.14. The molecule has 0 saturated carbocycles. The summed E-state index contributed by atoms with van der Waals surface area (Å²) >= 11 is 0. The van der Waals surface area contributed by atoms with E-state index in [1.807, 2.05) is 12.1 Å². The van der Waals surface area contributed by atoms with Crippen LogP contribution in [0.15, 0.2) is 12.1 Å². The number of hydrogen-bond acceptors (Lipinski definition) is 4. The van der Waals surface area contributed by atoms with Crippen molar-refractivity contribution in [2.45, 2.75) is 25.7 Å². The van der Waals surface area contributed by atoms with Gasteiger partial charge in [0.05, 0.1) is 11.1 Å². The number of piperazine rings is 1. The SMILES string of the molecule is Nc1ccc2nc(N3CCNCC3)c3c(c2c1C=[NH2+])CCCC3. The zero-order valence-corrected chi connectivity index (χ0v) is 13.4. The average molecular weight is 310 g/mol. The van der Waals surface area contributed by atoms with Gasteiger partial charge in [0, 0.05) is 37.3 Å². The van der Waals surface area contributed by atoms with Crippen molar-refractivity contribution in [2.24, 2.45) is 0 Å². The highest BCUT2D eigenvalue weighted by molar-refractivity contribution is 6.04. The van der Waals surface area contributed by atoms with Crippen molar-refractivity contribution >= 4 is 28.6 Å². The molecule has 1 aromatic heterocycles. The first kappa shape index (κ1) is 14.5. The fraction of sp³-hybridized carbons (Fsp3) is 0.444. The van der Waals surface area contributed by atoms with E-state index in [2.05, 4.69) is 10.2 Å². The Balaban J connectivity index is 1.98. The molecule has 0 bridgehead atoms. The van der Waals surface area contributed by atoms with Gasteiger partial charge < -0.3 is 16.0 Å². The van der Waals surface area contributed by atoms with E-state index in [0.29, 0.717) is 0 Å². The minimum atomic E-state index is 0.740. The smallest absolute Gasteiger partial charge is 0.170 e. The Morgan fingerprint density at radius 1 is 1.13 bits per heavy atom. The third kappa shape index (κ3) is 2.36. The number of benzene rings is 1. The first-order valence-electron chi connectivity index (χ1n) is 8.54. The van der Waals surface area contributed by atoms with Crippen molar-refractivity contribution < 1.29 is 5.41 Å². The minimum Gasteiger partial charge on any atom is -0.398 e. The third-order valence-electron chi connectivity index (χ3n) is 5.11. The second-order valence-corrected chi connectivity index (χ2v) is 6.47. The van der Waals surface area contributed by atoms with Crippen LogP contribution >= 0.6 is 0 Å². The number of anilines is 2. The quantitative estimate of drug-likeness (QED) is 0.550. The van der Waals surface area contributed by atoms with Crippen LogP contribution in [0.5, 0.6) is 0 Å². The predicted molar refractivity (Wildman–Crippen MR) is 95.0 cm³/mol. The number of nitrogens with zero attached hydrogens (tertiary/aromatic N) is 2. The zero-order valence-electron chi connectivity index (χ0n) is 13.4. The molecule has 1 aliphatic heterocycles. The van der Waals surface area contributed by atoms with Crippen molar-refractivity contribution in [2.75, 3.05) is 36.8 Å². The predicted octanol–water partition coefficient (Wildman–Crippen LogP) is 0.283. The molecule has 2 aromatic rings. The Labute approximate surface area is 136 Å². The monoisotopic (exact) mass is 310 g/mol. The standard InChI is InChI=1S/C18H23N5/c19-11-14-15(20)5-6-16-17(14)12-3-1-2-4-13(12)18(22-16)23-9-7-21-8-10-23/h5-6,11,19,21H,1-4,7-10,20H2/p+1. The molecule has 0 spiro atoms. The van der Waals surface area contributed by atoms with Crippen LogP contribution in [0, 0.1) is 0 Å². The lowest BCUT2D eigenvalue weighted by molar-refractivity contribution is -0.104. The van der Waals surface area contributed by atoms with Gasteiger partial charge in [0.15, 0.2) is 6.21 Å². The number of nitrogen functional groups attached to an aromatic ring is 1. The molecule has 5 heteroatoms. The van der Waals surface area contributed by atoms with E-state index >= 15 is 0 Å². The van der Waals surface area contributed by atoms with E-state index < -0.39 is 0 Å². The maximum absolute atomic E-state index is 6.15. The number of aromatic nitrogens is 1. The summed E-state index contributed by atoms with van der Waals surface area (Å²) in [6, 6.07) is 3.96. The van der Waals surface area contributed by atoms with Crippen molar-refractivity contribution in [1.82, 2.24) is 10.3 Å². The van der Waals surface area contributed by atoms with E-state index in [4.69, 9.17) is 16.1 Å². The van der Waals surface area contributed by atoms with Crippen LogP contribution in [0.3, 0.4) is 0 Å². The number of aryl methyl sites for hydroxylation is 1. The second kappa shape index (κ2) is 5.81. The normalized spacial score (nSPS) is 18.0. The van der Waals surface area contributed by atoms with Gasteiger partial charge in [-0.2, -0.15) is 0 Å². The molecular weight excluding hydrogens is 286 g/mol. The molecule has 1 aliphatic carbocycles. The molecule has 0 atom stereocenters. The average Bonchev–Trinajstić information content (AvgIpc) is 2.62. The molecule has 2 heterocycles. The molecule has 5 N–H and O–H groups in total. The zero-order chi connectivity index (χ0) is 15.8. The van der Waals surface area contributed by atoms with Gasteiger partial charge >= 0.3 is 0 Å². The van der Waals surface area contributed by atoms with Crippen LogP contribution in [-0.2, 0) is 12.8 Å². The number of hydrogen-bond donors (Lipinski definition) is 3. The van der Waals surface area contributed by atoms with E-state index in [-0.39, 0.29) is 0 Å². The van der Waals surface area contributed by atoms with Crippen molar-refractivity contribution in [3.8, 4) is 0 Å². The van der Waals surface area contributed by atoms with Gasteiger partial charge in [-0.05, 0) is 48.9 Å². The van der Waals surface area contributed by atoms with Gasteiger partial charge in [-0.25, -0.2) is 4.98 Å². The van der Waals surface area contributed by atoms with Crippen LogP contribution in [-0.4, -0.2) is 37.4 Å². The van der Waals surface area contributed by atoms with Crippen LogP contribution in [0.1, 0.15) is 29.5 Å². The fourth-order valence-corrected chi connectivity index (χ4v) is 3.96. The number of fused-ring (bicyclic) bond motifs is 3. The number of nitrogens with two attached hydrogens (primary N) is 2. The molecule has 1 saturated heterocycles. The maximum atomic E-state index is 6.15. The van der Waals surface area contributed by atoms with Crippen LogP contribution in [0.2, 0.25) is 0 Å². The van der Waals surface area contributed by atoms with Gasteiger partial charge in [-0.15, -0.1) is 0 Å². The Morgan fingerprint density at radius 2 is 1.87 bits per heavy atom. The van der Waals surface area contributed by atoms with Crippen LogP contribution in [0.25, 0.3) is 10.9 Å². The molecule has 5 nitrogen and oxygen atoms in total.